The topological polar surface area (TPSA) is 75.3 Å². The molecule has 1 atom stereocenters. The summed E-state index contributed by atoms with van der Waals surface area (Å²) in [5, 5.41) is 11.8. The van der Waals surface area contributed by atoms with Crippen LogP contribution in [0.5, 0.6) is 0 Å². The smallest absolute Gasteiger partial charge is 0.224 e. The minimum atomic E-state index is -0.160. The average Bonchev–Trinajstić information content (AvgIpc) is 2.36. The molecule has 94 valence electrons. The molecule has 4 nitrogen and oxygen atoms in total. The number of hydrogen-bond acceptors (Lipinski definition) is 3. The average molecular weight is 236 g/mol. The Labute approximate surface area is 102 Å². The second kappa shape index (κ2) is 7.04. The van der Waals surface area contributed by atoms with Gasteiger partial charge in [-0.2, -0.15) is 0 Å². The summed E-state index contributed by atoms with van der Waals surface area (Å²) in [4.78, 5) is 11.7. The first kappa shape index (κ1) is 13.7. The number of amides is 1. The fourth-order valence-electron chi connectivity index (χ4n) is 1.66. The van der Waals surface area contributed by atoms with Crippen molar-refractivity contribution in [1.29, 1.82) is 0 Å². The highest BCUT2D eigenvalue weighted by Crippen LogP contribution is 2.08. The van der Waals surface area contributed by atoms with Gasteiger partial charge in [0, 0.05) is 6.54 Å². The van der Waals surface area contributed by atoms with Gasteiger partial charge in [-0.15, -0.1) is 0 Å². The van der Waals surface area contributed by atoms with Gasteiger partial charge >= 0.3 is 0 Å². The van der Waals surface area contributed by atoms with Crippen molar-refractivity contribution in [3.05, 3.63) is 35.4 Å². The third-order valence-electron chi connectivity index (χ3n) is 2.77. The summed E-state index contributed by atoms with van der Waals surface area (Å²) in [6.07, 6.45) is 1.03. The molecule has 17 heavy (non-hydrogen) atoms. The number of hydrogen-bond donors (Lipinski definition) is 3. The van der Waals surface area contributed by atoms with Crippen LogP contribution in [0, 0.1) is 0 Å². The van der Waals surface area contributed by atoms with Gasteiger partial charge in [0.15, 0.2) is 0 Å². The summed E-state index contributed by atoms with van der Waals surface area (Å²) >= 11 is 0. The van der Waals surface area contributed by atoms with E-state index in [9.17, 15) is 4.79 Å². The Kier molecular flexibility index (Phi) is 5.66. The molecule has 1 aromatic rings. The van der Waals surface area contributed by atoms with Crippen LogP contribution in [0.2, 0.25) is 0 Å². The third-order valence-corrected chi connectivity index (χ3v) is 2.77. The molecule has 1 rings (SSSR count). The molecule has 0 bridgehead atoms. The van der Waals surface area contributed by atoms with Crippen molar-refractivity contribution in [3.8, 4) is 0 Å². The van der Waals surface area contributed by atoms with E-state index in [1.165, 1.54) is 0 Å². The molecule has 0 aromatic heterocycles. The van der Waals surface area contributed by atoms with E-state index in [4.69, 9.17) is 10.8 Å². The van der Waals surface area contributed by atoms with Crippen molar-refractivity contribution in [1.82, 2.24) is 5.32 Å². The lowest BCUT2D eigenvalue weighted by atomic mass is 10.0. The van der Waals surface area contributed by atoms with Gasteiger partial charge in [-0.05, 0) is 17.5 Å². The van der Waals surface area contributed by atoms with Crippen molar-refractivity contribution >= 4 is 5.91 Å². The van der Waals surface area contributed by atoms with E-state index in [0.717, 1.165) is 17.5 Å². The molecule has 4 heteroatoms. The number of nitrogens with two attached hydrogens (primary N) is 1. The fourth-order valence-corrected chi connectivity index (χ4v) is 1.66. The maximum Gasteiger partial charge on any atom is 0.224 e. The summed E-state index contributed by atoms with van der Waals surface area (Å²) in [5.74, 6) is -0.0770. The van der Waals surface area contributed by atoms with E-state index in [1.54, 1.807) is 0 Å². The van der Waals surface area contributed by atoms with Crippen molar-refractivity contribution in [3.63, 3.8) is 0 Å². The number of rotatable bonds is 6. The Hall–Kier alpha value is -1.39. The van der Waals surface area contributed by atoms with Crippen molar-refractivity contribution < 1.29 is 9.90 Å². The molecule has 0 spiro atoms. The van der Waals surface area contributed by atoms with E-state index in [2.05, 4.69) is 5.32 Å². The van der Waals surface area contributed by atoms with Crippen molar-refractivity contribution in [2.45, 2.75) is 32.4 Å². The molecule has 0 fully saturated rings. The van der Waals surface area contributed by atoms with Gasteiger partial charge in [0.2, 0.25) is 5.91 Å². The SMILES string of the molecule is CC[C@@H](CO)NC(=O)Cc1ccccc1CN. The first-order valence-electron chi connectivity index (χ1n) is 5.88. The second-order valence-corrected chi connectivity index (χ2v) is 4.00. The Morgan fingerprint density at radius 1 is 1.41 bits per heavy atom. The van der Waals surface area contributed by atoms with E-state index in [1.807, 2.05) is 31.2 Å². The highest BCUT2D eigenvalue weighted by Gasteiger charge is 2.11. The maximum atomic E-state index is 11.7. The quantitative estimate of drug-likeness (QED) is 0.676. The van der Waals surface area contributed by atoms with Crippen molar-refractivity contribution in [2.24, 2.45) is 5.73 Å². The van der Waals surface area contributed by atoms with Gasteiger partial charge in [-0.25, -0.2) is 0 Å². The second-order valence-electron chi connectivity index (χ2n) is 4.00. The number of carbonyl (C=O) groups is 1. The molecule has 1 aromatic carbocycles. The predicted molar refractivity (Wildman–Crippen MR) is 67.3 cm³/mol. The highest BCUT2D eigenvalue weighted by molar-refractivity contribution is 5.79. The van der Waals surface area contributed by atoms with Crippen LogP contribution in [0.25, 0.3) is 0 Å². The summed E-state index contributed by atoms with van der Waals surface area (Å²) < 4.78 is 0. The van der Waals surface area contributed by atoms with Crippen molar-refractivity contribution in [2.75, 3.05) is 6.61 Å². The summed E-state index contributed by atoms with van der Waals surface area (Å²) in [6, 6.07) is 7.47. The number of aliphatic hydroxyl groups is 1. The zero-order valence-electron chi connectivity index (χ0n) is 10.1. The number of carbonyl (C=O) groups excluding carboxylic acids is 1. The van der Waals surface area contributed by atoms with Crippen LogP contribution in [-0.2, 0) is 17.8 Å². The summed E-state index contributed by atoms with van der Waals surface area (Å²) in [7, 11) is 0. The first-order valence-corrected chi connectivity index (χ1v) is 5.88. The first-order chi connectivity index (χ1) is 8.21. The van der Waals surface area contributed by atoms with Gasteiger partial charge in [-0.1, -0.05) is 31.2 Å². The van der Waals surface area contributed by atoms with Gasteiger partial charge in [-0.3, -0.25) is 4.79 Å². The van der Waals surface area contributed by atoms with E-state index < -0.39 is 0 Å². The molecule has 0 saturated carbocycles. The molecule has 0 aliphatic rings. The van der Waals surface area contributed by atoms with Crippen LogP contribution in [0.4, 0.5) is 0 Å². The normalized spacial score (nSPS) is 12.2. The minimum absolute atomic E-state index is 0.0270. The largest absolute Gasteiger partial charge is 0.394 e. The Morgan fingerprint density at radius 3 is 2.59 bits per heavy atom. The molecule has 0 heterocycles. The Bertz CT molecular complexity index is 362. The van der Waals surface area contributed by atoms with Crippen LogP contribution >= 0.6 is 0 Å². The maximum absolute atomic E-state index is 11.7. The van der Waals surface area contributed by atoms with Gasteiger partial charge in [0.1, 0.15) is 0 Å². The van der Waals surface area contributed by atoms with E-state index in [0.29, 0.717) is 13.0 Å². The predicted octanol–water partition coefficient (Wildman–Crippen LogP) is 0.575. The van der Waals surface area contributed by atoms with Gasteiger partial charge in [0.25, 0.3) is 0 Å². The Balaban J connectivity index is 2.61. The molecular formula is C13H20N2O2. The van der Waals surface area contributed by atoms with Gasteiger partial charge < -0.3 is 16.2 Å². The lowest BCUT2D eigenvalue weighted by Gasteiger charge is -2.14. The Morgan fingerprint density at radius 2 is 2.06 bits per heavy atom. The number of aliphatic hydroxyl groups excluding tert-OH is 1. The van der Waals surface area contributed by atoms with Crippen LogP contribution in [0.1, 0.15) is 24.5 Å². The highest BCUT2D eigenvalue weighted by atomic mass is 16.3. The lowest BCUT2D eigenvalue weighted by Crippen LogP contribution is -2.38. The minimum Gasteiger partial charge on any atom is -0.394 e. The number of nitrogens with one attached hydrogen (secondary N) is 1. The summed E-state index contributed by atoms with van der Waals surface area (Å²) in [6.45, 7) is 2.33. The standard InChI is InChI=1S/C13H20N2O2/c1-2-12(9-16)15-13(17)7-10-5-3-4-6-11(10)8-14/h3-6,12,16H,2,7-9,14H2,1H3,(H,15,17)/t12-/m0/s1. The fraction of sp³-hybridized carbons (Fsp3) is 0.462. The molecule has 0 aliphatic heterocycles. The molecule has 0 aliphatic carbocycles. The monoisotopic (exact) mass is 236 g/mol. The van der Waals surface area contributed by atoms with Crippen LogP contribution in [0.3, 0.4) is 0 Å². The van der Waals surface area contributed by atoms with E-state index in [-0.39, 0.29) is 18.6 Å². The van der Waals surface area contributed by atoms with Crippen LogP contribution in [0.15, 0.2) is 24.3 Å². The number of benzene rings is 1. The van der Waals surface area contributed by atoms with E-state index >= 15 is 0 Å². The van der Waals surface area contributed by atoms with Crippen LogP contribution in [-0.4, -0.2) is 23.7 Å². The molecule has 1 amide bonds. The van der Waals surface area contributed by atoms with Crippen LogP contribution < -0.4 is 11.1 Å². The zero-order valence-corrected chi connectivity index (χ0v) is 10.1. The lowest BCUT2D eigenvalue weighted by molar-refractivity contribution is -0.121. The third kappa shape index (κ3) is 4.17. The molecule has 0 saturated heterocycles. The van der Waals surface area contributed by atoms with Gasteiger partial charge in [0.05, 0.1) is 19.1 Å². The molecule has 0 unspecified atom stereocenters. The zero-order chi connectivity index (χ0) is 12.7. The summed E-state index contributed by atoms with van der Waals surface area (Å²) in [5.41, 5.74) is 7.54. The molecule has 0 radical (unpaired) electrons. The molecular weight excluding hydrogens is 216 g/mol. The molecule has 4 N–H and O–H groups in total.